The zero-order valence-electron chi connectivity index (χ0n) is 14.1. The number of nitrogens with zero attached hydrogens (tertiary/aromatic N) is 4. The molecule has 0 bridgehead atoms. The lowest BCUT2D eigenvalue weighted by Crippen LogP contribution is -3.08. The van der Waals surface area contributed by atoms with Gasteiger partial charge in [-0.05, 0) is 12.5 Å². The van der Waals surface area contributed by atoms with E-state index in [1.54, 1.807) is 0 Å². The fraction of sp³-hybridized carbons (Fsp3) is 0.412. The van der Waals surface area contributed by atoms with Crippen LogP contribution in [-0.4, -0.2) is 33.4 Å². The summed E-state index contributed by atoms with van der Waals surface area (Å²) >= 11 is 1.42. The molecule has 0 saturated carbocycles. The highest BCUT2D eigenvalue weighted by Gasteiger charge is 2.19. The number of aryl methyl sites for hydroxylation is 1. The SMILES string of the molecule is Cc1ccccc1-c1noc(CSc2nnc(C[NH+]3CCCC3)o2)n1. The molecule has 1 aliphatic rings. The molecule has 7 nitrogen and oxygen atoms in total. The van der Waals surface area contributed by atoms with E-state index in [1.807, 2.05) is 31.2 Å². The predicted octanol–water partition coefficient (Wildman–Crippen LogP) is 1.90. The van der Waals surface area contributed by atoms with E-state index < -0.39 is 0 Å². The van der Waals surface area contributed by atoms with Gasteiger partial charge < -0.3 is 13.8 Å². The number of rotatable bonds is 6. The summed E-state index contributed by atoms with van der Waals surface area (Å²) in [5.41, 5.74) is 2.10. The first-order valence-corrected chi connectivity index (χ1v) is 9.44. The van der Waals surface area contributed by atoms with Crippen LogP contribution in [0.25, 0.3) is 11.4 Å². The maximum atomic E-state index is 5.71. The summed E-state index contributed by atoms with van der Waals surface area (Å²) in [7, 11) is 0. The van der Waals surface area contributed by atoms with Crippen molar-refractivity contribution in [2.45, 2.75) is 37.3 Å². The molecular weight excluding hydrogens is 338 g/mol. The fourth-order valence-electron chi connectivity index (χ4n) is 3.00. The molecule has 3 heterocycles. The Balaban J connectivity index is 1.36. The van der Waals surface area contributed by atoms with E-state index in [4.69, 9.17) is 8.94 Å². The quantitative estimate of drug-likeness (QED) is 0.674. The molecule has 0 amide bonds. The standard InChI is InChI=1S/C17H19N5O2S/c1-12-6-2-3-7-13(12)16-18-15(24-21-16)11-25-17-20-19-14(23-17)10-22-8-4-5-9-22/h2-3,6-7H,4-5,8-11H2,1H3/p+1. The normalized spacial score (nSPS) is 15.1. The van der Waals surface area contributed by atoms with E-state index >= 15 is 0 Å². The van der Waals surface area contributed by atoms with E-state index in [2.05, 4.69) is 20.3 Å². The van der Waals surface area contributed by atoms with Crippen LogP contribution in [0.15, 0.2) is 38.4 Å². The second kappa shape index (κ2) is 7.37. The number of nitrogens with one attached hydrogen (secondary N) is 1. The topological polar surface area (TPSA) is 82.3 Å². The summed E-state index contributed by atoms with van der Waals surface area (Å²) in [5, 5.41) is 12.8. The van der Waals surface area contributed by atoms with E-state index in [0.717, 1.165) is 17.7 Å². The van der Waals surface area contributed by atoms with Crippen molar-refractivity contribution in [3.63, 3.8) is 0 Å². The highest BCUT2D eigenvalue weighted by molar-refractivity contribution is 7.98. The van der Waals surface area contributed by atoms with Crippen LogP contribution in [0.3, 0.4) is 0 Å². The second-order valence-corrected chi connectivity index (χ2v) is 7.14. The molecule has 0 unspecified atom stereocenters. The molecule has 1 aliphatic heterocycles. The Labute approximate surface area is 149 Å². The van der Waals surface area contributed by atoms with Crippen LogP contribution in [-0.2, 0) is 12.3 Å². The van der Waals surface area contributed by atoms with E-state index in [0.29, 0.717) is 28.6 Å². The van der Waals surface area contributed by atoms with Gasteiger partial charge in [0.05, 0.1) is 18.8 Å². The number of quaternary nitrogens is 1. The minimum Gasteiger partial charge on any atom is -0.410 e. The van der Waals surface area contributed by atoms with Gasteiger partial charge in [-0.2, -0.15) is 4.98 Å². The molecule has 3 aromatic rings. The molecule has 0 radical (unpaired) electrons. The Kier molecular flexibility index (Phi) is 4.80. The van der Waals surface area contributed by atoms with Crippen molar-refractivity contribution < 1.29 is 13.8 Å². The summed E-state index contributed by atoms with van der Waals surface area (Å²) in [4.78, 5) is 5.97. The second-order valence-electron chi connectivity index (χ2n) is 6.21. The first-order valence-electron chi connectivity index (χ1n) is 8.45. The van der Waals surface area contributed by atoms with Crippen molar-refractivity contribution in [1.29, 1.82) is 0 Å². The molecule has 130 valence electrons. The number of hydrogen-bond acceptors (Lipinski definition) is 7. The number of benzene rings is 1. The average Bonchev–Trinajstić information content (AvgIpc) is 3.36. The first-order chi connectivity index (χ1) is 12.3. The monoisotopic (exact) mass is 358 g/mol. The largest absolute Gasteiger partial charge is 0.410 e. The Hall–Kier alpha value is -2.19. The van der Waals surface area contributed by atoms with Gasteiger partial charge in [-0.25, -0.2) is 0 Å². The zero-order valence-corrected chi connectivity index (χ0v) is 14.9. The number of hydrogen-bond donors (Lipinski definition) is 1. The molecule has 0 atom stereocenters. The van der Waals surface area contributed by atoms with Gasteiger partial charge in [0.15, 0.2) is 6.54 Å². The Morgan fingerprint density at radius 3 is 2.80 bits per heavy atom. The van der Waals surface area contributed by atoms with Gasteiger partial charge in [0.25, 0.3) is 11.1 Å². The van der Waals surface area contributed by atoms with Gasteiger partial charge in [0, 0.05) is 18.4 Å². The number of likely N-dealkylation sites (tertiary alicyclic amines) is 1. The first kappa shape index (κ1) is 16.3. The summed E-state index contributed by atoms with van der Waals surface area (Å²) in [5.74, 6) is 2.37. The number of aromatic nitrogens is 4. The molecular formula is C17H20N5O2S+. The molecule has 1 fully saturated rings. The average molecular weight is 358 g/mol. The smallest absolute Gasteiger partial charge is 0.277 e. The van der Waals surface area contributed by atoms with Crippen molar-refractivity contribution >= 4 is 11.8 Å². The van der Waals surface area contributed by atoms with Gasteiger partial charge in [-0.1, -0.05) is 41.2 Å². The van der Waals surface area contributed by atoms with Crippen LogP contribution in [0, 0.1) is 6.92 Å². The molecule has 8 heteroatoms. The zero-order chi connectivity index (χ0) is 17.1. The lowest BCUT2D eigenvalue weighted by molar-refractivity contribution is -0.902. The predicted molar refractivity (Wildman–Crippen MR) is 92.0 cm³/mol. The third-order valence-electron chi connectivity index (χ3n) is 4.33. The van der Waals surface area contributed by atoms with Crippen molar-refractivity contribution in [2.24, 2.45) is 0 Å². The molecule has 1 aromatic carbocycles. The van der Waals surface area contributed by atoms with Crippen LogP contribution in [0.2, 0.25) is 0 Å². The van der Waals surface area contributed by atoms with Crippen molar-refractivity contribution in [3.05, 3.63) is 41.6 Å². The Bertz CT molecular complexity index is 841. The van der Waals surface area contributed by atoms with Gasteiger partial charge in [-0.3, -0.25) is 0 Å². The molecule has 1 saturated heterocycles. The molecule has 2 aromatic heterocycles. The lowest BCUT2D eigenvalue weighted by Gasteiger charge is -2.07. The van der Waals surface area contributed by atoms with Crippen molar-refractivity contribution in [3.8, 4) is 11.4 Å². The van der Waals surface area contributed by atoms with Crippen molar-refractivity contribution in [1.82, 2.24) is 20.3 Å². The summed E-state index contributed by atoms with van der Waals surface area (Å²) < 4.78 is 11.0. The van der Waals surface area contributed by atoms with Crippen LogP contribution < -0.4 is 4.90 Å². The van der Waals surface area contributed by atoms with Crippen LogP contribution in [0.1, 0.15) is 30.2 Å². The van der Waals surface area contributed by atoms with Gasteiger partial charge in [0.1, 0.15) is 0 Å². The van der Waals surface area contributed by atoms with Gasteiger partial charge >= 0.3 is 0 Å². The van der Waals surface area contributed by atoms with Crippen molar-refractivity contribution in [2.75, 3.05) is 13.1 Å². The fourth-order valence-corrected chi connectivity index (χ4v) is 3.62. The number of thioether (sulfide) groups is 1. The molecule has 25 heavy (non-hydrogen) atoms. The summed E-state index contributed by atoms with van der Waals surface area (Å²) in [6.07, 6.45) is 2.57. The molecule has 0 aliphatic carbocycles. The van der Waals surface area contributed by atoms with Gasteiger partial charge in [-0.15, -0.1) is 10.2 Å². The maximum Gasteiger partial charge on any atom is 0.277 e. The van der Waals surface area contributed by atoms with E-state index in [-0.39, 0.29) is 0 Å². The van der Waals surface area contributed by atoms with Crippen LogP contribution in [0.4, 0.5) is 0 Å². The third kappa shape index (κ3) is 3.91. The minimum atomic E-state index is 0.511. The van der Waals surface area contributed by atoms with E-state index in [1.165, 1.54) is 42.6 Å². The van der Waals surface area contributed by atoms with E-state index in [9.17, 15) is 0 Å². The third-order valence-corrected chi connectivity index (χ3v) is 5.14. The highest BCUT2D eigenvalue weighted by Crippen LogP contribution is 2.24. The molecule has 4 rings (SSSR count). The van der Waals surface area contributed by atoms with Crippen LogP contribution in [0.5, 0.6) is 0 Å². The summed E-state index contributed by atoms with van der Waals surface area (Å²) in [6.45, 7) is 5.22. The molecule has 0 spiro atoms. The van der Waals surface area contributed by atoms with Gasteiger partial charge in [0.2, 0.25) is 11.7 Å². The maximum absolute atomic E-state index is 5.71. The molecule has 1 N–H and O–H groups in total. The summed E-state index contributed by atoms with van der Waals surface area (Å²) in [6, 6.07) is 7.98. The highest BCUT2D eigenvalue weighted by atomic mass is 32.2. The minimum absolute atomic E-state index is 0.511. The Morgan fingerprint density at radius 2 is 1.96 bits per heavy atom. The Morgan fingerprint density at radius 1 is 1.12 bits per heavy atom. The lowest BCUT2D eigenvalue weighted by atomic mass is 10.1. The van der Waals surface area contributed by atoms with Crippen LogP contribution >= 0.6 is 11.8 Å².